The van der Waals surface area contributed by atoms with Crippen LogP contribution in [0.5, 0.6) is 0 Å². The van der Waals surface area contributed by atoms with E-state index in [-0.39, 0.29) is 35.8 Å². The van der Waals surface area contributed by atoms with Crippen molar-refractivity contribution in [3.8, 4) is 0 Å². The number of hydrogen-bond acceptors (Lipinski definition) is 6. The number of amides is 3. The smallest absolute Gasteiger partial charge is 0.407 e. The molecule has 10 nitrogen and oxygen atoms in total. The van der Waals surface area contributed by atoms with E-state index in [0.717, 1.165) is 18.5 Å². The van der Waals surface area contributed by atoms with Gasteiger partial charge in [0.1, 0.15) is 6.10 Å². The third-order valence-electron chi connectivity index (χ3n) is 6.76. The molecule has 4 fully saturated rings. The molecule has 10 heteroatoms. The molecule has 2 bridgehead atoms. The highest BCUT2D eigenvalue weighted by atomic mass is 16.6. The highest BCUT2D eigenvalue weighted by molar-refractivity contribution is 5.97. The van der Waals surface area contributed by atoms with Crippen LogP contribution in [0.15, 0.2) is 6.07 Å². The first-order chi connectivity index (χ1) is 14.3. The number of aromatic nitrogens is 2. The van der Waals surface area contributed by atoms with Crippen LogP contribution in [-0.2, 0) is 14.3 Å². The van der Waals surface area contributed by atoms with E-state index in [1.165, 1.54) is 0 Å². The van der Waals surface area contributed by atoms with Crippen LogP contribution in [0.25, 0.3) is 0 Å². The summed E-state index contributed by atoms with van der Waals surface area (Å²) in [7, 11) is 0. The Morgan fingerprint density at radius 1 is 1.27 bits per heavy atom. The van der Waals surface area contributed by atoms with Crippen molar-refractivity contribution >= 4 is 23.7 Å². The molecule has 4 aliphatic carbocycles. The summed E-state index contributed by atoms with van der Waals surface area (Å²) in [6, 6.07) is 1.87. The van der Waals surface area contributed by atoms with Crippen LogP contribution >= 0.6 is 0 Å². The molecule has 1 aromatic rings. The van der Waals surface area contributed by atoms with Gasteiger partial charge in [0.15, 0.2) is 5.82 Å². The zero-order valence-electron chi connectivity index (χ0n) is 17.2. The number of hydrogen-bond donors (Lipinski definition) is 5. The summed E-state index contributed by atoms with van der Waals surface area (Å²) in [6.07, 6.45) is 3.62. The summed E-state index contributed by atoms with van der Waals surface area (Å²) < 4.78 is 5.47. The first kappa shape index (κ1) is 20.6. The summed E-state index contributed by atoms with van der Waals surface area (Å²) >= 11 is 0. The van der Waals surface area contributed by atoms with Crippen LogP contribution in [0.3, 0.4) is 0 Å². The van der Waals surface area contributed by atoms with Gasteiger partial charge in [-0.25, -0.2) is 10.3 Å². The second-order valence-electron chi connectivity index (χ2n) is 9.23. The monoisotopic (exact) mass is 419 g/mol. The molecule has 4 saturated carbocycles. The lowest BCUT2D eigenvalue weighted by molar-refractivity contribution is -0.134. The van der Waals surface area contributed by atoms with E-state index in [1.54, 1.807) is 5.48 Å². The van der Waals surface area contributed by atoms with Gasteiger partial charge in [-0.2, -0.15) is 5.10 Å². The molecular weight excluding hydrogens is 390 g/mol. The number of nitrogens with zero attached hydrogens (tertiary/aromatic N) is 1. The zero-order chi connectivity index (χ0) is 21.5. The van der Waals surface area contributed by atoms with Crippen LogP contribution in [0.1, 0.15) is 64.0 Å². The van der Waals surface area contributed by atoms with E-state index in [9.17, 15) is 14.4 Å². The second-order valence-corrected chi connectivity index (χ2v) is 9.23. The van der Waals surface area contributed by atoms with Crippen molar-refractivity contribution in [1.29, 1.82) is 0 Å². The number of carbonyl (C=O) groups excluding carboxylic acids is 3. The fraction of sp³-hybridized carbons (Fsp3) is 0.700. The van der Waals surface area contributed by atoms with Crippen molar-refractivity contribution < 1.29 is 24.3 Å². The minimum absolute atomic E-state index is 0.0343. The predicted octanol–water partition coefficient (Wildman–Crippen LogP) is 2.04. The topological polar surface area (TPSA) is 145 Å². The fourth-order valence-electron chi connectivity index (χ4n) is 5.26. The summed E-state index contributed by atoms with van der Waals surface area (Å²) in [5.41, 5.74) is 2.07. The van der Waals surface area contributed by atoms with Gasteiger partial charge in [0.2, 0.25) is 11.8 Å². The minimum Gasteiger partial charge on any atom is -0.446 e. The van der Waals surface area contributed by atoms with Crippen LogP contribution in [-0.4, -0.2) is 45.5 Å². The quantitative estimate of drug-likeness (QED) is 0.352. The van der Waals surface area contributed by atoms with Gasteiger partial charge in [0.05, 0.1) is 5.41 Å². The average Bonchev–Trinajstić information content (AvgIpc) is 3.41. The number of carbonyl (C=O) groups is 3. The summed E-state index contributed by atoms with van der Waals surface area (Å²) in [4.78, 5) is 36.3. The van der Waals surface area contributed by atoms with Gasteiger partial charge in [-0.3, -0.25) is 19.9 Å². The van der Waals surface area contributed by atoms with Crippen molar-refractivity contribution in [2.75, 3.05) is 5.32 Å². The predicted molar refractivity (Wildman–Crippen MR) is 106 cm³/mol. The van der Waals surface area contributed by atoms with E-state index in [0.29, 0.717) is 31.5 Å². The second kappa shape index (κ2) is 7.90. The van der Waals surface area contributed by atoms with E-state index in [2.05, 4.69) is 20.8 Å². The molecule has 164 valence electrons. The lowest BCUT2D eigenvalue weighted by Gasteiger charge is -2.36. The molecule has 0 radical (unpaired) electrons. The molecule has 5 rings (SSSR count). The number of fused-ring (bicyclic) bond motifs is 1. The lowest BCUT2D eigenvalue weighted by atomic mass is 9.68. The lowest BCUT2D eigenvalue weighted by Crippen LogP contribution is -2.40. The van der Waals surface area contributed by atoms with Gasteiger partial charge < -0.3 is 15.4 Å². The number of nitrogens with one attached hydrogen (secondary N) is 4. The molecule has 1 heterocycles. The Morgan fingerprint density at radius 2 is 2.03 bits per heavy atom. The molecule has 3 atom stereocenters. The van der Waals surface area contributed by atoms with E-state index in [4.69, 9.17) is 9.94 Å². The third-order valence-corrected chi connectivity index (χ3v) is 6.76. The standard InChI is InChI=1S/C20H29N5O5/c1-10(2)21-19(28)30-13-4-3-11(5-13)15-6-16(24-23-15)22-18(27)20-7-12(8-20)14(9-20)17(26)25-29/h6,10-14,29H,3-5,7-9H2,1-2H3,(H,21,28)(H,25,26)(H2,22,23,24,27)/t11-,12?,13+,14?,20?/m0/s1. The van der Waals surface area contributed by atoms with Gasteiger partial charge in [-0.05, 0) is 58.3 Å². The van der Waals surface area contributed by atoms with Gasteiger partial charge in [0, 0.05) is 29.6 Å². The van der Waals surface area contributed by atoms with Crippen molar-refractivity contribution in [2.24, 2.45) is 17.3 Å². The Hall–Kier alpha value is -2.62. The molecule has 0 aliphatic heterocycles. The molecule has 0 aromatic carbocycles. The van der Waals surface area contributed by atoms with Crippen molar-refractivity contribution in [3.05, 3.63) is 11.8 Å². The minimum atomic E-state index is -0.545. The normalized spacial score (nSPS) is 31.9. The Kier molecular flexibility index (Phi) is 5.44. The number of H-pyrrole nitrogens is 1. The van der Waals surface area contributed by atoms with E-state index in [1.807, 2.05) is 19.9 Å². The molecule has 0 spiro atoms. The molecule has 30 heavy (non-hydrogen) atoms. The average molecular weight is 419 g/mol. The molecular formula is C20H29N5O5. The largest absolute Gasteiger partial charge is 0.446 e. The van der Waals surface area contributed by atoms with Crippen LogP contribution in [0.4, 0.5) is 10.6 Å². The van der Waals surface area contributed by atoms with Crippen LogP contribution < -0.4 is 16.1 Å². The SMILES string of the molecule is CC(C)NC(=O)O[C@@H]1CC[C@H](c2cc(NC(=O)C34CC(C3)C(C(=O)NO)C4)n[nH]2)C1. The highest BCUT2D eigenvalue weighted by Crippen LogP contribution is 2.62. The first-order valence-electron chi connectivity index (χ1n) is 10.6. The highest BCUT2D eigenvalue weighted by Gasteiger charge is 2.62. The third kappa shape index (κ3) is 3.88. The summed E-state index contributed by atoms with van der Waals surface area (Å²) in [5, 5.41) is 21.7. The molecule has 1 unspecified atom stereocenters. The summed E-state index contributed by atoms with van der Waals surface area (Å²) in [5.74, 6) is -0.0303. The van der Waals surface area contributed by atoms with Crippen molar-refractivity contribution in [3.63, 3.8) is 0 Å². The molecule has 5 N–H and O–H groups in total. The Bertz CT molecular complexity index is 831. The number of rotatable bonds is 6. The fourth-order valence-corrected chi connectivity index (χ4v) is 5.26. The maximum atomic E-state index is 12.8. The number of aromatic amines is 1. The molecule has 3 amide bonds. The number of anilines is 1. The van der Waals surface area contributed by atoms with Crippen molar-refractivity contribution in [2.45, 2.75) is 70.4 Å². The number of hydroxylamine groups is 1. The molecule has 0 saturated heterocycles. The number of alkyl carbamates (subject to hydrolysis) is 1. The van der Waals surface area contributed by atoms with Crippen molar-refractivity contribution in [1.82, 2.24) is 21.0 Å². The van der Waals surface area contributed by atoms with Gasteiger partial charge in [0.25, 0.3) is 0 Å². The Morgan fingerprint density at radius 3 is 2.73 bits per heavy atom. The van der Waals surface area contributed by atoms with E-state index < -0.39 is 17.4 Å². The Labute approximate surface area is 174 Å². The Balaban J connectivity index is 1.30. The van der Waals surface area contributed by atoms with E-state index >= 15 is 0 Å². The van der Waals surface area contributed by atoms with Gasteiger partial charge in [-0.15, -0.1) is 0 Å². The zero-order valence-corrected chi connectivity index (χ0v) is 17.2. The van der Waals surface area contributed by atoms with Gasteiger partial charge in [-0.1, -0.05) is 0 Å². The maximum absolute atomic E-state index is 12.8. The molecule has 4 aliphatic rings. The van der Waals surface area contributed by atoms with Crippen LogP contribution in [0, 0.1) is 17.3 Å². The first-order valence-corrected chi connectivity index (χ1v) is 10.6. The number of ether oxygens (including phenoxy) is 1. The summed E-state index contributed by atoms with van der Waals surface area (Å²) in [6.45, 7) is 3.77. The van der Waals surface area contributed by atoms with Gasteiger partial charge >= 0.3 is 6.09 Å². The maximum Gasteiger partial charge on any atom is 0.407 e. The molecule has 1 aromatic heterocycles. The van der Waals surface area contributed by atoms with Crippen LogP contribution in [0.2, 0.25) is 0 Å².